The van der Waals surface area contributed by atoms with Crippen LogP contribution in [-0.4, -0.2) is 37.7 Å². The first-order valence-corrected chi connectivity index (χ1v) is 9.24. The highest BCUT2D eigenvalue weighted by Crippen LogP contribution is 2.21. The Morgan fingerprint density at radius 1 is 1.17 bits per heavy atom. The van der Waals surface area contributed by atoms with E-state index >= 15 is 0 Å². The first-order chi connectivity index (χ1) is 8.37. The van der Waals surface area contributed by atoms with Crippen molar-refractivity contribution in [3.05, 3.63) is 0 Å². The van der Waals surface area contributed by atoms with Gasteiger partial charge in [0.25, 0.3) is 10.2 Å². The summed E-state index contributed by atoms with van der Waals surface area (Å²) in [6, 6.07) is 0. The third-order valence-electron chi connectivity index (χ3n) is 3.41. The minimum atomic E-state index is -3.29. The van der Waals surface area contributed by atoms with Gasteiger partial charge in [-0.05, 0) is 24.7 Å². The number of nitrogens with zero attached hydrogens (tertiary/aromatic N) is 1. The lowest BCUT2D eigenvalue weighted by atomic mass is 9.91. The van der Waals surface area contributed by atoms with E-state index in [-0.39, 0.29) is 5.41 Å². The molecule has 0 aliphatic carbocycles. The van der Waals surface area contributed by atoms with E-state index in [1.165, 1.54) is 0 Å². The van der Waals surface area contributed by atoms with Gasteiger partial charge in [-0.1, -0.05) is 42.6 Å². The number of hydrogen-bond acceptors (Lipinski definition) is 2. The molecule has 1 aliphatic rings. The molecular weight excluding hydrogens is 316 g/mol. The molecule has 1 rings (SSSR count). The van der Waals surface area contributed by atoms with E-state index in [1.807, 2.05) is 0 Å². The van der Waals surface area contributed by atoms with Gasteiger partial charge in [-0.2, -0.15) is 12.7 Å². The van der Waals surface area contributed by atoms with E-state index < -0.39 is 10.2 Å². The van der Waals surface area contributed by atoms with Gasteiger partial charge in [-0.15, -0.1) is 0 Å². The Morgan fingerprint density at radius 2 is 1.72 bits per heavy atom. The maximum Gasteiger partial charge on any atom is 0.279 e. The van der Waals surface area contributed by atoms with E-state index in [9.17, 15) is 8.42 Å². The molecule has 1 heterocycles. The molecule has 0 saturated carbocycles. The average Bonchev–Trinajstić information content (AvgIpc) is 2.56. The van der Waals surface area contributed by atoms with Crippen molar-refractivity contribution < 1.29 is 8.42 Å². The van der Waals surface area contributed by atoms with Gasteiger partial charge < -0.3 is 0 Å². The lowest BCUT2D eigenvalue weighted by Crippen LogP contribution is -2.44. The molecule has 108 valence electrons. The number of alkyl halides is 1. The summed E-state index contributed by atoms with van der Waals surface area (Å²) in [6.07, 6.45) is 5.19. The third kappa shape index (κ3) is 5.55. The molecule has 0 atom stereocenters. The molecule has 18 heavy (non-hydrogen) atoms. The van der Waals surface area contributed by atoms with Crippen LogP contribution in [0.25, 0.3) is 0 Å². The minimum Gasteiger partial charge on any atom is -0.202 e. The van der Waals surface area contributed by atoms with Crippen molar-refractivity contribution in [1.29, 1.82) is 0 Å². The Bertz CT molecular complexity index is 336. The van der Waals surface area contributed by atoms with Crippen molar-refractivity contribution in [1.82, 2.24) is 9.03 Å². The van der Waals surface area contributed by atoms with Gasteiger partial charge in [0.05, 0.1) is 0 Å². The summed E-state index contributed by atoms with van der Waals surface area (Å²) in [7, 11) is -3.29. The van der Waals surface area contributed by atoms with Crippen molar-refractivity contribution in [3.8, 4) is 0 Å². The lowest BCUT2D eigenvalue weighted by molar-refractivity contribution is 0.343. The molecule has 0 radical (unpaired) electrons. The van der Waals surface area contributed by atoms with Gasteiger partial charge in [0, 0.05) is 25.0 Å². The molecule has 0 aromatic rings. The Hall–Kier alpha value is 0.350. The van der Waals surface area contributed by atoms with Crippen molar-refractivity contribution in [2.45, 2.75) is 46.0 Å². The van der Waals surface area contributed by atoms with Crippen LogP contribution in [0.15, 0.2) is 0 Å². The van der Waals surface area contributed by atoms with E-state index in [1.54, 1.807) is 4.31 Å². The van der Waals surface area contributed by atoms with Crippen molar-refractivity contribution in [3.63, 3.8) is 0 Å². The number of nitrogens with one attached hydrogen (secondary N) is 1. The van der Waals surface area contributed by atoms with Crippen LogP contribution in [0, 0.1) is 5.41 Å². The molecular formula is C12H25BrN2O2S. The fourth-order valence-electron chi connectivity index (χ4n) is 2.00. The summed E-state index contributed by atoms with van der Waals surface area (Å²) in [4.78, 5) is 0. The molecule has 0 aromatic carbocycles. The Kier molecular flexibility index (Phi) is 6.58. The van der Waals surface area contributed by atoms with Crippen LogP contribution < -0.4 is 4.72 Å². The van der Waals surface area contributed by atoms with Crippen molar-refractivity contribution in [2.75, 3.05) is 25.0 Å². The van der Waals surface area contributed by atoms with Crippen LogP contribution >= 0.6 is 15.9 Å². The fraction of sp³-hybridized carbons (Fsp3) is 1.00. The van der Waals surface area contributed by atoms with E-state index in [4.69, 9.17) is 0 Å². The quantitative estimate of drug-likeness (QED) is 0.755. The molecule has 0 spiro atoms. The van der Waals surface area contributed by atoms with Crippen LogP contribution in [0.1, 0.15) is 46.0 Å². The second-order valence-electron chi connectivity index (χ2n) is 5.74. The zero-order valence-electron chi connectivity index (χ0n) is 11.4. The largest absolute Gasteiger partial charge is 0.279 e. The van der Waals surface area contributed by atoms with Crippen LogP contribution in [0.3, 0.4) is 0 Å². The van der Waals surface area contributed by atoms with Gasteiger partial charge in [0.2, 0.25) is 0 Å². The molecule has 1 fully saturated rings. The Balaban J connectivity index is 2.53. The Labute approximate surface area is 120 Å². The number of halogens is 1. The van der Waals surface area contributed by atoms with Gasteiger partial charge in [0.15, 0.2) is 0 Å². The second kappa shape index (κ2) is 7.22. The zero-order valence-corrected chi connectivity index (χ0v) is 13.8. The SMILES string of the molecule is CC(C)(CCBr)CNS(=O)(=O)N1CCCCCC1. The molecule has 0 aromatic heterocycles. The van der Waals surface area contributed by atoms with Crippen molar-refractivity contribution >= 4 is 26.1 Å². The maximum atomic E-state index is 12.2. The standard InChI is InChI=1S/C12H25BrN2O2S/c1-12(2,7-8-13)11-14-18(16,17)15-9-5-3-4-6-10-15/h14H,3-11H2,1-2H3. The molecule has 6 heteroatoms. The first kappa shape index (κ1) is 16.4. The predicted molar refractivity (Wildman–Crippen MR) is 79.2 cm³/mol. The molecule has 1 aliphatic heterocycles. The summed E-state index contributed by atoms with van der Waals surface area (Å²) in [6.45, 7) is 5.98. The Morgan fingerprint density at radius 3 is 2.22 bits per heavy atom. The van der Waals surface area contributed by atoms with Crippen molar-refractivity contribution in [2.24, 2.45) is 5.41 Å². The summed E-state index contributed by atoms with van der Waals surface area (Å²) in [5.74, 6) is 0. The van der Waals surface area contributed by atoms with E-state index in [0.717, 1.165) is 37.4 Å². The number of rotatable bonds is 6. The predicted octanol–water partition coefficient (Wildman–Crippen LogP) is 2.51. The molecule has 0 amide bonds. The van der Waals surface area contributed by atoms with Gasteiger partial charge >= 0.3 is 0 Å². The van der Waals surface area contributed by atoms with Crippen LogP contribution in [0.2, 0.25) is 0 Å². The van der Waals surface area contributed by atoms with Gasteiger partial charge in [0.1, 0.15) is 0 Å². The second-order valence-corrected chi connectivity index (χ2v) is 8.29. The highest BCUT2D eigenvalue weighted by atomic mass is 79.9. The lowest BCUT2D eigenvalue weighted by Gasteiger charge is -2.27. The molecule has 1 N–H and O–H groups in total. The van der Waals surface area contributed by atoms with Gasteiger partial charge in [-0.25, -0.2) is 4.72 Å². The maximum absolute atomic E-state index is 12.2. The highest BCUT2D eigenvalue weighted by molar-refractivity contribution is 9.09. The zero-order chi connectivity index (χ0) is 13.6. The highest BCUT2D eigenvalue weighted by Gasteiger charge is 2.25. The molecule has 1 saturated heterocycles. The topological polar surface area (TPSA) is 49.4 Å². The van der Waals surface area contributed by atoms with E-state index in [2.05, 4.69) is 34.5 Å². The van der Waals surface area contributed by atoms with Gasteiger partial charge in [-0.3, -0.25) is 0 Å². The number of hydrogen-bond donors (Lipinski definition) is 1. The normalized spacial score (nSPS) is 19.7. The van der Waals surface area contributed by atoms with Crippen LogP contribution in [-0.2, 0) is 10.2 Å². The van der Waals surface area contributed by atoms with Crippen LogP contribution in [0.5, 0.6) is 0 Å². The summed E-state index contributed by atoms with van der Waals surface area (Å²) < 4.78 is 28.7. The fourth-order valence-corrected chi connectivity index (χ4v) is 4.57. The monoisotopic (exact) mass is 340 g/mol. The average molecular weight is 341 g/mol. The van der Waals surface area contributed by atoms with E-state index in [0.29, 0.717) is 19.6 Å². The third-order valence-corrected chi connectivity index (χ3v) is 5.36. The molecule has 0 unspecified atom stereocenters. The minimum absolute atomic E-state index is 0.0115. The van der Waals surface area contributed by atoms with Crippen LogP contribution in [0.4, 0.5) is 0 Å². The summed E-state index contributed by atoms with van der Waals surface area (Å²) >= 11 is 3.40. The smallest absolute Gasteiger partial charge is 0.202 e. The summed E-state index contributed by atoms with van der Waals surface area (Å²) in [5, 5.41) is 0.894. The molecule has 4 nitrogen and oxygen atoms in total. The molecule has 0 bridgehead atoms. The first-order valence-electron chi connectivity index (χ1n) is 6.68. The summed E-state index contributed by atoms with van der Waals surface area (Å²) in [5.41, 5.74) is -0.0115.